The Balaban J connectivity index is 1.74. The molecule has 0 radical (unpaired) electrons. The summed E-state index contributed by atoms with van der Waals surface area (Å²) < 4.78 is 0. The van der Waals surface area contributed by atoms with Crippen LogP contribution in [0.1, 0.15) is 32.3 Å². The summed E-state index contributed by atoms with van der Waals surface area (Å²) in [6.07, 6.45) is 3.29. The number of hydrogen-bond acceptors (Lipinski definition) is 2. The second-order valence-corrected chi connectivity index (χ2v) is 6.46. The molecule has 0 aliphatic carbocycles. The highest BCUT2D eigenvalue weighted by Gasteiger charge is 2.22. The number of benzene rings is 1. The molecule has 2 atom stereocenters. The van der Waals surface area contributed by atoms with Crippen molar-refractivity contribution in [2.24, 2.45) is 5.92 Å². The average molecular weight is 318 g/mol. The van der Waals surface area contributed by atoms with Gasteiger partial charge in [-0.2, -0.15) is 0 Å². The predicted molar refractivity (Wildman–Crippen MR) is 91.4 cm³/mol. The van der Waals surface area contributed by atoms with Crippen molar-refractivity contribution in [1.29, 1.82) is 0 Å². The van der Waals surface area contributed by atoms with Crippen molar-refractivity contribution >= 4 is 17.5 Å². The van der Waals surface area contributed by atoms with Crippen LogP contribution in [-0.2, 0) is 16.0 Å². The molecule has 3 N–H and O–H groups in total. The highest BCUT2D eigenvalue weighted by molar-refractivity contribution is 5.95. The molecule has 1 aromatic carbocycles. The van der Waals surface area contributed by atoms with Gasteiger partial charge in [0.25, 0.3) is 5.91 Å². The third kappa shape index (κ3) is 5.67. The van der Waals surface area contributed by atoms with Crippen molar-refractivity contribution in [2.45, 2.75) is 33.1 Å². The fourth-order valence-corrected chi connectivity index (χ4v) is 3.17. The SMILES string of the molecule is CCc1ccccc1NC(=O)CNC(=O)C[NH+]1CCC[C@H](C)C1. The highest BCUT2D eigenvalue weighted by atomic mass is 16.2. The third-order valence-corrected chi connectivity index (χ3v) is 4.39. The molecule has 1 aliphatic rings. The molecule has 2 amide bonds. The molecule has 5 heteroatoms. The van der Waals surface area contributed by atoms with Gasteiger partial charge in [-0.05, 0) is 30.9 Å². The van der Waals surface area contributed by atoms with Crippen LogP contribution in [0.25, 0.3) is 0 Å². The summed E-state index contributed by atoms with van der Waals surface area (Å²) in [5.74, 6) is 0.453. The van der Waals surface area contributed by atoms with Gasteiger partial charge in [0.2, 0.25) is 5.91 Å². The van der Waals surface area contributed by atoms with Crippen molar-refractivity contribution < 1.29 is 14.5 Å². The first-order valence-corrected chi connectivity index (χ1v) is 8.56. The van der Waals surface area contributed by atoms with Crippen molar-refractivity contribution in [3.05, 3.63) is 29.8 Å². The molecule has 0 aromatic heterocycles. The van der Waals surface area contributed by atoms with Crippen LogP contribution in [0.15, 0.2) is 24.3 Å². The van der Waals surface area contributed by atoms with E-state index in [0.29, 0.717) is 12.5 Å². The molecule has 1 heterocycles. The molecule has 1 aromatic rings. The number of amides is 2. The molecular formula is C18H28N3O2+. The Kier molecular flexibility index (Phi) is 6.59. The van der Waals surface area contributed by atoms with E-state index in [1.807, 2.05) is 24.3 Å². The normalized spacial score (nSPS) is 20.8. The number of quaternary nitrogens is 1. The molecule has 0 saturated carbocycles. The first kappa shape index (κ1) is 17.5. The van der Waals surface area contributed by atoms with Crippen LogP contribution in [0.5, 0.6) is 0 Å². The molecular weight excluding hydrogens is 290 g/mol. The zero-order chi connectivity index (χ0) is 16.7. The minimum absolute atomic E-state index is 0.0275. The van der Waals surface area contributed by atoms with Gasteiger partial charge < -0.3 is 15.5 Å². The fourth-order valence-electron chi connectivity index (χ4n) is 3.17. The lowest BCUT2D eigenvalue weighted by atomic mass is 10.0. The highest BCUT2D eigenvalue weighted by Crippen LogP contribution is 2.14. The molecule has 0 bridgehead atoms. The molecule has 1 unspecified atom stereocenters. The van der Waals surface area contributed by atoms with E-state index in [2.05, 4.69) is 24.5 Å². The molecule has 126 valence electrons. The Hall–Kier alpha value is -1.88. The quantitative estimate of drug-likeness (QED) is 0.720. The zero-order valence-electron chi connectivity index (χ0n) is 14.2. The Bertz CT molecular complexity index is 545. The molecule has 1 fully saturated rings. The van der Waals surface area contributed by atoms with Crippen LogP contribution in [0, 0.1) is 5.92 Å². The summed E-state index contributed by atoms with van der Waals surface area (Å²) >= 11 is 0. The molecule has 1 aliphatic heterocycles. The first-order chi connectivity index (χ1) is 11.1. The van der Waals surface area contributed by atoms with Crippen molar-refractivity contribution in [2.75, 3.05) is 31.5 Å². The Morgan fingerprint density at radius 1 is 1.26 bits per heavy atom. The summed E-state index contributed by atoms with van der Waals surface area (Å²) in [7, 11) is 0. The maximum atomic E-state index is 12.0. The van der Waals surface area contributed by atoms with Crippen molar-refractivity contribution in [3.63, 3.8) is 0 Å². The molecule has 23 heavy (non-hydrogen) atoms. The number of nitrogens with one attached hydrogen (secondary N) is 3. The number of piperidine rings is 1. The maximum absolute atomic E-state index is 12.0. The average Bonchev–Trinajstić information content (AvgIpc) is 2.53. The fraction of sp³-hybridized carbons (Fsp3) is 0.556. The van der Waals surface area contributed by atoms with E-state index in [4.69, 9.17) is 0 Å². The summed E-state index contributed by atoms with van der Waals surface area (Å²) in [4.78, 5) is 25.3. The van der Waals surface area contributed by atoms with Gasteiger partial charge in [0.05, 0.1) is 19.6 Å². The molecule has 0 spiro atoms. The lowest BCUT2D eigenvalue weighted by Crippen LogP contribution is -3.14. The summed E-state index contributed by atoms with van der Waals surface area (Å²) in [6, 6.07) is 7.74. The van der Waals surface area contributed by atoms with Crippen LogP contribution in [0.4, 0.5) is 5.69 Å². The molecule has 2 rings (SSSR count). The minimum atomic E-state index is -0.179. The second kappa shape index (κ2) is 8.67. The maximum Gasteiger partial charge on any atom is 0.275 e. The van der Waals surface area contributed by atoms with E-state index in [1.165, 1.54) is 17.7 Å². The van der Waals surface area contributed by atoms with E-state index in [9.17, 15) is 9.59 Å². The number of carbonyl (C=O) groups is 2. The minimum Gasteiger partial charge on any atom is -0.342 e. The van der Waals surface area contributed by atoms with E-state index in [1.54, 1.807) is 0 Å². The van der Waals surface area contributed by atoms with E-state index < -0.39 is 0 Å². The second-order valence-electron chi connectivity index (χ2n) is 6.46. The monoisotopic (exact) mass is 318 g/mol. The van der Waals surface area contributed by atoms with Crippen LogP contribution in [0.2, 0.25) is 0 Å². The van der Waals surface area contributed by atoms with E-state index in [-0.39, 0.29) is 18.4 Å². The molecule has 5 nitrogen and oxygen atoms in total. The molecule has 1 saturated heterocycles. The largest absolute Gasteiger partial charge is 0.342 e. The van der Waals surface area contributed by atoms with Crippen LogP contribution in [-0.4, -0.2) is 38.0 Å². The van der Waals surface area contributed by atoms with Gasteiger partial charge in [0.15, 0.2) is 6.54 Å². The number of para-hydroxylation sites is 1. The topological polar surface area (TPSA) is 62.6 Å². The van der Waals surface area contributed by atoms with Crippen LogP contribution >= 0.6 is 0 Å². The number of rotatable bonds is 6. The van der Waals surface area contributed by atoms with Crippen molar-refractivity contribution in [1.82, 2.24) is 5.32 Å². The van der Waals surface area contributed by atoms with Gasteiger partial charge in [-0.3, -0.25) is 9.59 Å². The van der Waals surface area contributed by atoms with Crippen LogP contribution in [0.3, 0.4) is 0 Å². The third-order valence-electron chi connectivity index (χ3n) is 4.39. The van der Waals surface area contributed by atoms with Gasteiger partial charge >= 0.3 is 0 Å². The summed E-state index contributed by atoms with van der Waals surface area (Å²) in [5, 5.41) is 5.60. The first-order valence-electron chi connectivity index (χ1n) is 8.56. The summed E-state index contributed by atoms with van der Waals surface area (Å²) in [5.41, 5.74) is 1.92. The van der Waals surface area contributed by atoms with E-state index in [0.717, 1.165) is 30.8 Å². The number of likely N-dealkylation sites (tertiary alicyclic amines) is 1. The lowest BCUT2D eigenvalue weighted by Gasteiger charge is -2.27. The van der Waals surface area contributed by atoms with Crippen molar-refractivity contribution in [3.8, 4) is 0 Å². The predicted octanol–water partition coefficient (Wildman–Crippen LogP) is 0.619. The Labute approximate surface area is 138 Å². The van der Waals surface area contributed by atoms with Gasteiger partial charge in [0, 0.05) is 11.6 Å². The summed E-state index contributed by atoms with van der Waals surface area (Å²) in [6.45, 7) is 6.87. The van der Waals surface area contributed by atoms with Gasteiger partial charge in [-0.25, -0.2) is 0 Å². The Morgan fingerprint density at radius 2 is 2.04 bits per heavy atom. The Morgan fingerprint density at radius 3 is 2.78 bits per heavy atom. The number of hydrogen-bond donors (Lipinski definition) is 3. The number of anilines is 1. The van der Waals surface area contributed by atoms with Gasteiger partial charge in [-0.15, -0.1) is 0 Å². The number of carbonyl (C=O) groups excluding carboxylic acids is 2. The van der Waals surface area contributed by atoms with E-state index >= 15 is 0 Å². The zero-order valence-corrected chi connectivity index (χ0v) is 14.2. The smallest absolute Gasteiger partial charge is 0.275 e. The van der Waals surface area contributed by atoms with Crippen LogP contribution < -0.4 is 15.5 Å². The number of aryl methyl sites for hydroxylation is 1. The van der Waals surface area contributed by atoms with Gasteiger partial charge in [-0.1, -0.05) is 32.0 Å². The standard InChI is InChI=1S/C18H27N3O2/c1-3-15-8-4-5-9-16(15)20-17(22)11-19-18(23)13-21-10-6-7-14(2)12-21/h4-5,8-9,14H,3,6-7,10-13H2,1-2H3,(H,19,23)(H,20,22)/p+1/t14-/m0/s1. The lowest BCUT2D eigenvalue weighted by molar-refractivity contribution is -0.900. The van der Waals surface area contributed by atoms with Gasteiger partial charge in [0.1, 0.15) is 0 Å².